The van der Waals surface area contributed by atoms with Gasteiger partial charge in [-0.05, 0) is 25.7 Å². The van der Waals surface area contributed by atoms with Gasteiger partial charge >= 0.3 is 0 Å². The van der Waals surface area contributed by atoms with E-state index in [1.54, 1.807) is 23.9 Å². The Morgan fingerprint density at radius 3 is 2.63 bits per heavy atom. The van der Waals surface area contributed by atoms with E-state index in [2.05, 4.69) is 0 Å². The standard InChI is InChI=1S/C13H23N3O3/c1-15(2)12(17)10-4-3-7-16(10)13(18)11-6-5-9(8-14)19-11/h9-11H,3-8,14H2,1-2H3/t9-,10?,11+/m1/s1. The van der Waals surface area contributed by atoms with Gasteiger partial charge in [0.25, 0.3) is 5.91 Å². The van der Waals surface area contributed by atoms with Crippen molar-refractivity contribution in [2.24, 2.45) is 5.73 Å². The summed E-state index contributed by atoms with van der Waals surface area (Å²) in [5, 5.41) is 0. The van der Waals surface area contributed by atoms with Crippen LogP contribution in [0.4, 0.5) is 0 Å². The highest BCUT2D eigenvalue weighted by Crippen LogP contribution is 2.25. The number of likely N-dealkylation sites (N-methyl/N-ethyl adjacent to an activating group) is 1. The van der Waals surface area contributed by atoms with E-state index in [9.17, 15) is 9.59 Å². The van der Waals surface area contributed by atoms with E-state index in [0.717, 1.165) is 19.3 Å². The van der Waals surface area contributed by atoms with Crippen molar-refractivity contribution in [1.29, 1.82) is 0 Å². The molecule has 6 nitrogen and oxygen atoms in total. The lowest BCUT2D eigenvalue weighted by molar-refractivity contribution is -0.149. The molecule has 0 saturated carbocycles. The lowest BCUT2D eigenvalue weighted by Gasteiger charge is -2.28. The molecule has 2 N–H and O–H groups in total. The first-order chi connectivity index (χ1) is 9.04. The van der Waals surface area contributed by atoms with Crippen molar-refractivity contribution in [2.75, 3.05) is 27.2 Å². The maximum atomic E-state index is 12.4. The minimum absolute atomic E-state index is 0.000721. The van der Waals surface area contributed by atoms with Gasteiger partial charge in [0.15, 0.2) is 0 Å². The molecule has 0 aromatic heterocycles. The number of rotatable bonds is 3. The van der Waals surface area contributed by atoms with E-state index in [-0.39, 0.29) is 24.0 Å². The Bertz CT molecular complexity index is 359. The van der Waals surface area contributed by atoms with Crippen LogP contribution in [0.3, 0.4) is 0 Å². The number of hydrogen-bond donors (Lipinski definition) is 1. The summed E-state index contributed by atoms with van der Waals surface area (Å²) in [6.45, 7) is 1.10. The zero-order valence-corrected chi connectivity index (χ0v) is 11.7. The molecular formula is C13H23N3O3. The first kappa shape index (κ1) is 14.3. The van der Waals surface area contributed by atoms with Crippen molar-refractivity contribution in [3.05, 3.63) is 0 Å². The molecule has 0 aromatic carbocycles. The van der Waals surface area contributed by atoms with Gasteiger partial charge in [-0.15, -0.1) is 0 Å². The quantitative estimate of drug-likeness (QED) is 0.754. The molecule has 19 heavy (non-hydrogen) atoms. The van der Waals surface area contributed by atoms with Crippen LogP contribution in [0.15, 0.2) is 0 Å². The van der Waals surface area contributed by atoms with Gasteiger partial charge in [-0.25, -0.2) is 0 Å². The summed E-state index contributed by atoms with van der Waals surface area (Å²) in [6, 6.07) is -0.317. The van der Waals surface area contributed by atoms with Gasteiger partial charge in [0.1, 0.15) is 12.1 Å². The fourth-order valence-corrected chi connectivity index (χ4v) is 2.83. The first-order valence-corrected chi connectivity index (χ1v) is 6.91. The van der Waals surface area contributed by atoms with Crippen molar-refractivity contribution in [1.82, 2.24) is 9.80 Å². The molecule has 0 spiro atoms. The van der Waals surface area contributed by atoms with Crippen molar-refractivity contribution in [3.63, 3.8) is 0 Å². The van der Waals surface area contributed by atoms with Crippen molar-refractivity contribution >= 4 is 11.8 Å². The Hall–Kier alpha value is -1.14. The molecule has 0 aromatic rings. The van der Waals surface area contributed by atoms with Gasteiger partial charge in [0.2, 0.25) is 5.91 Å². The molecule has 0 bridgehead atoms. The van der Waals surface area contributed by atoms with Gasteiger partial charge in [-0.2, -0.15) is 0 Å². The van der Waals surface area contributed by atoms with Crippen LogP contribution in [-0.4, -0.2) is 67.0 Å². The van der Waals surface area contributed by atoms with Gasteiger partial charge in [-0.3, -0.25) is 9.59 Å². The number of amides is 2. The average molecular weight is 269 g/mol. The second-order valence-electron chi connectivity index (χ2n) is 5.48. The highest BCUT2D eigenvalue weighted by Gasteiger charge is 2.40. The Balaban J connectivity index is 2.00. The second kappa shape index (κ2) is 5.88. The predicted octanol–water partition coefficient (Wildman–Crippen LogP) is -0.428. The van der Waals surface area contributed by atoms with Crippen LogP contribution in [0.25, 0.3) is 0 Å². The van der Waals surface area contributed by atoms with Crippen molar-refractivity contribution in [2.45, 2.75) is 43.9 Å². The summed E-state index contributed by atoms with van der Waals surface area (Å²) < 4.78 is 5.63. The average Bonchev–Trinajstić information content (AvgIpc) is 3.05. The molecular weight excluding hydrogens is 246 g/mol. The Morgan fingerprint density at radius 1 is 1.32 bits per heavy atom. The summed E-state index contributed by atoms with van der Waals surface area (Å²) in [5.74, 6) is -0.0483. The van der Waals surface area contributed by atoms with Crippen LogP contribution in [0, 0.1) is 0 Å². The Morgan fingerprint density at radius 2 is 2.05 bits per heavy atom. The lowest BCUT2D eigenvalue weighted by Crippen LogP contribution is -2.48. The minimum atomic E-state index is -0.413. The van der Waals surface area contributed by atoms with E-state index in [4.69, 9.17) is 10.5 Å². The zero-order valence-electron chi connectivity index (χ0n) is 11.7. The molecule has 2 amide bonds. The monoisotopic (exact) mass is 269 g/mol. The number of carbonyl (C=O) groups excluding carboxylic acids is 2. The summed E-state index contributed by atoms with van der Waals surface area (Å²) in [7, 11) is 3.44. The summed E-state index contributed by atoms with van der Waals surface area (Å²) in [5.41, 5.74) is 5.55. The first-order valence-electron chi connectivity index (χ1n) is 6.91. The number of hydrogen-bond acceptors (Lipinski definition) is 4. The van der Waals surface area contributed by atoms with E-state index in [1.165, 1.54) is 0 Å². The topological polar surface area (TPSA) is 75.9 Å². The summed E-state index contributed by atoms with van der Waals surface area (Å²) in [4.78, 5) is 27.7. The van der Waals surface area contributed by atoms with Crippen LogP contribution >= 0.6 is 0 Å². The van der Waals surface area contributed by atoms with Crippen LogP contribution in [0.1, 0.15) is 25.7 Å². The fraction of sp³-hybridized carbons (Fsp3) is 0.846. The van der Waals surface area contributed by atoms with E-state index >= 15 is 0 Å². The van der Waals surface area contributed by atoms with Crippen LogP contribution < -0.4 is 5.73 Å². The summed E-state index contributed by atoms with van der Waals surface area (Å²) in [6.07, 6.45) is 2.73. The van der Waals surface area contributed by atoms with Gasteiger partial charge < -0.3 is 20.3 Å². The molecule has 2 aliphatic rings. The molecule has 2 rings (SSSR count). The van der Waals surface area contributed by atoms with E-state index in [1.807, 2.05) is 0 Å². The van der Waals surface area contributed by atoms with Crippen molar-refractivity contribution < 1.29 is 14.3 Å². The molecule has 2 heterocycles. The van der Waals surface area contributed by atoms with Crippen LogP contribution in [0.2, 0.25) is 0 Å². The zero-order chi connectivity index (χ0) is 14.0. The molecule has 0 radical (unpaired) electrons. The highest BCUT2D eigenvalue weighted by atomic mass is 16.5. The van der Waals surface area contributed by atoms with Crippen molar-refractivity contribution in [3.8, 4) is 0 Å². The molecule has 3 atom stereocenters. The predicted molar refractivity (Wildman–Crippen MR) is 70.4 cm³/mol. The molecule has 0 aliphatic carbocycles. The summed E-state index contributed by atoms with van der Waals surface area (Å²) >= 11 is 0. The third-order valence-corrected chi connectivity index (χ3v) is 3.91. The molecule has 2 aliphatic heterocycles. The second-order valence-corrected chi connectivity index (χ2v) is 5.48. The number of likely N-dealkylation sites (tertiary alicyclic amines) is 1. The fourth-order valence-electron chi connectivity index (χ4n) is 2.83. The minimum Gasteiger partial charge on any atom is -0.364 e. The van der Waals surface area contributed by atoms with Gasteiger partial charge in [0, 0.05) is 27.2 Å². The van der Waals surface area contributed by atoms with Gasteiger partial charge in [0.05, 0.1) is 6.10 Å². The molecule has 6 heteroatoms. The largest absolute Gasteiger partial charge is 0.364 e. The van der Waals surface area contributed by atoms with Gasteiger partial charge in [-0.1, -0.05) is 0 Å². The van der Waals surface area contributed by atoms with E-state index < -0.39 is 6.10 Å². The Labute approximate surface area is 113 Å². The Kier molecular flexibility index (Phi) is 4.42. The number of nitrogens with zero attached hydrogens (tertiary/aromatic N) is 2. The lowest BCUT2D eigenvalue weighted by atomic mass is 10.1. The number of ether oxygens (including phenoxy) is 1. The molecule has 108 valence electrons. The molecule has 2 fully saturated rings. The SMILES string of the molecule is CN(C)C(=O)C1CCCN1C(=O)[C@@H]1CC[C@H](CN)O1. The maximum absolute atomic E-state index is 12.4. The smallest absolute Gasteiger partial charge is 0.252 e. The number of nitrogens with two attached hydrogens (primary N) is 1. The highest BCUT2D eigenvalue weighted by molar-refractivity contribution is 5.89. The molecule has 2 saturated heterocycles. The van der Waals surface area contributed by atoms with Crippen LogP contribution in [-0.2, 0) is 14.3 Å². The molecule has 1 unspecified atom stereocenters. The normalized spacial score (nSPS) is 30.7. The third-order valence-electron chi connectivity index (χ3n) is 3.91. The number of carbonyl (C=O) groups is 2. The third kappa shape index (κ3) is 2.90. The maximum Gasteiger partial charge on any atom is 0.252 e. The van der Waals surface area contributed by atoms with E-state index in [0.29, 0.717) is 19.5 Å². The van der Waals surface area contributed by atoms with Crippen LogP contribution in [0.5, 0.6) is 0 Å².